The number of hydrogen-bond acceptors (Lipinski definition) is 0. The average Bonchev–Trinajstić information content (AvgIpc) is 4.33. The van der Waals surface area contributed by atoms with E-state index in [4.69, 9.17) is 0 Å². The fourth-order valence-corrected chi connectivity index (χ4v) is 315. The number of benzene rings is 4. The van der Waals surface area contributed by atoms with Crippen molar-refractivity contribution in [2.45, 2.75) is 244 Å². The van der Waals surface area contributed by atoms with Crippen LogP contribution in [0.5, 0.6) is 0 Å². The van der Waals surface area contributed by atoms with Gasteiger partial charge in [0.05, 0.1) is 0 Å². The van der Waals surface area contributed by atoms with Crippen molar-refractivity contribution in [2.75, 3.05) is 0 Å². The van der Waals surface area contributed by atoms with E-state index in [-0.39, 0.29) is 0 Å². The molecule has 14 rings (SSSR count). The van der Waals surface area contributed by atoms with Gasteiger partial charge in [0.15, 0.2) is 0 Å². The Hall–Kier alpha value is -1.38. The third kappa shape index (κ3) is 2.38. The number of rotatable bonds is 30. The van der Waals surface area contributed by atoms with E-state index in [1.807, 2.05) is 43.5 Å². The molecule has 0 aromatic heterocycles. The van der Waals surface area contributed by atoms with Crippen LogP contribution in [0.2, 0.25) is 29.0 Å². The van der Waals surface area contributed by atoms with Crippen molar-refractivity contribution >= 4 is 37.1 Å². The van der Waals surface area contributed by atoms with Gasteiger partial charge < -0.3 is 0 Å². The van der Waals surface area contributed by atoms with Gasteiger partial charge in [-0.15, -0.1) is 0 Å². The van der Waals surface area contributed by atoms with Crippen LogP contribution >= 0.6 is 15.8 Å². The summed E-state index contributed by atoms with van der Waals surface area (Å²) in [5.41, 5.74) is 14.6. The van der Waals surface area contributed by atoms with E-state index in [0.717, 1.165) is 0 Å². The number of unbranched alkanes of at least 4 members (excludes halogenated alkanes) is 8. The molecule has 69 heavy (non-hydrogen) atoms. The van der Waals surface area contributed by atoms with Crippen LogP contribution in [-0.4, -0.2) is 5.73 Å². The van der Waals surface area contributed by atoms with Crippen molar-refractivity contribution in [1.29, 1.82) is 0 Å². The molecule has 0 bridgehead atoms. The van der Waals surface area contributed by atoms with E-state index >= 15 is 0 Å². The molecule has 0 amide bonds. The van der Waals surface area contributed by atoms with E-state index in [2.05, 4.69) is 128 Å². The zero-order valence-corrected chi connectivity index (χ0v) is 49.2. The second-order valence-electron chi connectivity index (χ2n) is 29.9. The van der Waals surface area contributed by atoms with E-state index < -0.39 is 27.2 Å². The second-order valence-corrected chi connectivity index (χ2v) is 88.3. The molecule has 4 aromatic carbocycles. The first-order valence-corrected chi connectivity index (χ1v) is 47.3. The van der Waals surface area contributed by atoms with E-state index in [9.17, 15) is 0 Å². The van der Waals surface area contributed by atoms with Crippen LogP contribution in [0.15, 0.2) is 72.8 Å². The van der Waals surface area contributed by atoms with Crippen LogP contribution in [0.4, 0.5) is 0 Å². The fraction of sp³-hybridized carbons (Fsp3) is 0.636. The fourth-order valence-electron chi connectivity index (χ4n) is 34.8. The summed E-state index contributed by atoms with van der Waals surface area (Å²) in [6, 6.07) is 32.6. The van der Waals surface area contributed by atoms with E-state index in [1.54, 1.807) is 22.3 Å². The van der Waals surface area contributed by atoms with Gasteiger partial charge in [-0.3, -0.25) is 0 Å². The zero-order valence-electron chi connectivity index (χ0n) is 44.9. The topological polar surface area (TPSA) is 0 Å². The Morgan fingerprint density at radius 3 is 0.754 bits per heavy atom. The summed E-state index contributed by atoms with van der Waals surface area (Å²) in [6.07, 6.45) is 31.4. The Balaban J connectivity index is 1.09. The minimum absolute atomic E-state index is 0.511. The molecule has 4 atom stereocenters. The molecule has 10 aliphatic heterocycles. The first kappa shape index (κ1) is 46.2. The molecule has 10 saturated heterocycles. The molecule has 3 heteroatoms. The molecule has 4 aromatic rings. The van der Waals surface area contributed by atoms with Gasteiger partial charge in [0.1, 0.15) is 0 Å². The maximum atomic E-state index is 2.87. The molecule has 0 aliphatic carbocycles. The van der Waals surface area contributed by atoms with Gasteiger partial charge in [-0.2, -0.15) is 0 Å². The molecule has 0 radical (unpaired) electrons. The van der Waals surface area contributed by atoms with Crippen LogP contribution in [0.25, 0.3) is 0 Å². The number of fused-ring (bicyclic) bond motifs is 10. The monoisotopic (exact) mass is 1040 g/mol. The van der Waals surface area contributed by atoms with E-state index in [0.29, 0.717) is 5.73 Å². The molecule has 4 unspecified atom stereocenters. The molecule has 0 saturated carbocycles. The minimum atomic E-state index is -5.11. The molecular weight excluding hydrogens is 946 g/mol. The Morgan fingerprint density at radius 2 is 0.551 bits per heavy atom. The number of hydrogen-bond donors (Lipinski definition) is 0. The predicted molar refractivity (Wildman–Crippen MR) is 303 cm³/mol. The maximum absolute atomic E-state index is 5.11. The third-order valence-corrected chi connectivity index (χ3v) is 152. The van der Waals surface area contributed by atoms with Crippen molar-refractivity contribution in [2.24, 2.45) is 0 Å². The van der Waals surface area contributed by atoms with Gasteiger partial charge in [0.2, 0.25) is 0 Å². The summed E-state index contributed by atoms with van der Waals surface area (Å²) in [5, 5.41) is 7.89. The Bertz CT molecular complexity index is 2720. The van der Waals surface area contributed by atoms with Crippen molar-refractivity contribution in [3.8, 4) is 0 Å². The average molecular weight is 1040 g/mol. The Morgan fingerprint density at radius 1 is 0.319 bits per heavy atom. The molecule has 370 valence electrons. The van der Waals surface area contributed by atoms with Crippen LogP contribution in [0.3, 0.4) is 0 Å². The van der Waals surface area contributed by atoms with Gasteiger partial charge in [-0.25, -0.2) is 0 Å². The predicted octanol–water partition coefficient (Wildman–Crippen LogP) is 18.2. The molecule has 10 aliphatic rings. The van der Waals surface area contributed by atoms with Crippen LogP contribution in [-0.2, 0) is 62.7 Å². The first-order chi connectivity index (χ1) is 33.7. The first-order valence-electron chi connectivity index (χ1n) is 30.8. The molecule has 1 spiro atoms. The molecule has 10 heterocycles. The summed E-state index contributed by atoms with van der Waals surface area (Å²) >= 11 is -5.11. The summed E-state index contributed by atoms with van der Waals surface area (Å²) in [4.78, 5) is 0. The zero-order chi connectivity index (χ0) is 47.5. The normalized spacial score (nSPS) is 39.5. The van der Waals surface area contributed by atoms with Crippen molar-refractivity contribution in [3.63, 3.8) is 0 Å². The van der Waals surface area contributed by atoms with Gasteiger partial charge in [0, 0.05) is 0 Å². The Kier molecular flexibility index (Phi) is 7.73. The summed E-state index contributed by atoms with van der Waals surface area (Å²) in [5.74, 6) is 0. The van der Waals surface area contributed by atoms with Crippen LogP contribution in [0, 0.1) is 0 Å². The Labute approximate surface area is 406 Å². The van der Waals surface area contributed by atoms with Crippen molar-refractivity contribution in [3.05, 3.63) is 117 Å². The van der Waals surface area contributed by atoms with Crippen LogP contribution < -0.4 is 21.2 Å². The van der Waals surface area contributed by atoms with Crippen molar-refractivity contribution in [1.82, 2.24) is 0 Å². The quantitative estimate of drug-likeness (QED) is 0.0457. The second kappa shape index (κ2) is 11.5. The summed E-state index contributed by atoms with van der Waals surface area (Å²) < 4.78 is 11.5. The summed E-state index contributed by atoms with van der Waals surface area (Å²) in [6.45, 7) is 19.6. The van der Waals surface area contributed by atoms with Gasteiger partial charge in [-0.05, 0) is 0 Å². The molecular formula is C66H92P2Zr. The molecule has 0 N–H and O–H groups in total. The van der Waals surface area contributed by atoms with Crippen molar-refractivity contribution < 1.29 is 11.4 Å². The van der Waals surface area contributed by atoms with Gasteiger partial charge in [-0.1, -0.05) is 0 Å². The summed E-state index contributed by atoms with van der Waals surface area (Å²) in [7, 11) is -1.02. The molecule has 0 nitrogen and oxygen atoms in total. The van der Waals surface area contributed by atoms with Crippen LogP contribution in [0.1, 0.15) is 203 Å². The SMILES string of the molecule is CCCCc1cccc(P(c2cccc(CCCC)c2CCCC)[C]23[CH]4[CH]5[CH]6[C]2(P(c2cccc(CCCC)c2CCCC)c2cccc(CCCC)c2CCCC)[Zr]54632789[CH]3[CH]2[CH]7[CH]8[CH]39)c1CCCC. The number of aryl methyl sites for hydroxylation is 4. The van der Waals surface area contributed by atoms with E-state index in [1.165, 1.54) is 183 Å². The standard InChI is InChI=1S/C61H87P2.C5H5.Zr/c1-9-17-30-48-34-25-42-56(52(48)38-21-13-5)62(57-43-26-35-49(31-18-10-2)53(57)39-22-14-6)60-46-29-47-61(60)63(58-44-27-36-50(32-19-11-3)54(58)40-23-15-7)59-45-28-37-51(33-20-12-4)55(59)41-24-16-8;1-2-4-5-3-1;/h25-29,34-37,42-47H,9-24,30-33,38-41H2,1-8H3;1-5H;. The van der Waals surface area contributed by atoms with Gasteiger partial charge in [0.25, 0.3) is 0 Å². The van der Waals surface area contributed by atoms with Gasteiger partial charge >= 0.3 is 410 Å². The molecule has 10 fully saturated rings. The third-order valence-electron chi connectivity index (χ3n) is 33.2.